The molecule has 0 aliphatic rings. The molecule has 0 radical (unpaired) electrons. The highest BCUT2D eigenvalue weighted by molar-refractivity contribution is 7.92. The fourth-order valence-corrected chi connectivity index (χ4v) is 2.92. The molecule has 0 atom stereocenters. The molecule has 0 aliphatic heterocycles. The maximum absolute atomic E-state index is 12.1. The number of unbranched alkanes of at least 4 members (excludes halogenated alkanes) is 1. The summed E-state index contributed by atoms with van der Waals surface area (Å²) in [6, 6.07) is 3.83. The second-order valence-corrected chi connectivity index (χ2v) is 6.73. The van der Waals surface area contributed by atoms with E-state index in [0.717, 1.165) is 18.9 Å². The molecule has 0 bridgehead atoms. The van der Waals surface area contributed by atoms with Crippen LogP contribution in [0.2, 0.25) is 0 Å². The van der Waals surface area contributed by atoms with Crippen molar-refractivity contribution in [1.29, 1.82) is 0 Å². The maximum atomic E-state index is 12.1. The van der Waals surface area contributed by atoms with Crippen molar-refractivity contribution in [2.24, 2.45) is 0 Å². The number of nitrogens with one attached hydrogen (secondary N) is 1. The lowest BCUT2D eigenvalue weighted by Crippen LogP contribution is -2.31. The van der Waals surface area contributed by atoms with Crippen LogP contribution in [-0.2, 0) is 14.6 Å². The lowest BCUT2D eigenvalue weighted by Gasteiger charge is -2.08. The average molecular weight is 313 g/mol. The molecule has 0 spiro atoms. The van der Waals surface area contributed by atoms with Gasteiger partial charge in [-0.25, -0.2) is 13.2 Å². The molecule has 1 amide bonds. The number of aromatic carboxylic acids is 1. The van der Waals surface area contributed by atoms with Crippen LogP contribution in [0.1, 0.15) is 35.7 Å². The number of carboxylic acids is 1. The number of sulfone groups is 1. The van der Waals surface area contributed by atoms with Gasteiger partial charge in [-0.15, -0.1) is 0 Å². The summed E-state index contributed by atoms with van der Waals surface area (Å²) in [6.07, 6.45) is 1.67. The van der Waals surface area contributed by atoms with Gasteiger partial charge in [0.2, 0.25) is 5.91 Å². The molecule has 0 fully saturated rings. The van der Waals surface area contributed by atoms with E-state index in [-0.39, 0.29) is 10.5 Å². The number of rotatable bonds is 7. The van der Waals surface area contributed by atoms with Crippen molar-refractivity contribution < 1.29 is 23.1 Å². The quantitative estimate of drug-likeness (QED) is 0.741. The van der Waals surface area contributed by atoms with Crippen LogP contribution in [-0.4, -0.2) is 37.7 Å². The van der Waals surface area contributed by atoms with E-state index in [1.165, 1.54) is 12.1 Å². The zero-order chi connectivity index (χ0) is 16.0. The molecule has 1 rings (SSSR count). The van der Waals surface area contributed by atoms with E-state index in [2.05, 4.69) is 5.32 Å². The second-order valence-electron chi connectivity index (χ2n) is 4.74. The van der Waals surface area contributed by atoms with Gasteiger partial charge >= 0.3 is 5.97 Å². The fraction of sp³-hybridized carbons (Fsp3) is 0.429. The highest BCUT2D eigenvalue weighted by atomic mass is 32.2. The summed E-state index contributed by atoms with van der Waals surface area (Å²) in [5, 5.41) is 11.5. The maximum Gasteiger partial charge on any atom is 0.335 e. The molecule has 1 aromatic rings. The minimum Gasteiger partial charge on any atom is -0.478 e. The number of amides is 1. The number of hydrogen-bond donors (Lipinski definition) is 2. The largest absolute Gasteiger partial charge is 0.478 e. The molecule has 6 nitrogen and oxygen atoms in total. The van der Waals surface area contributed by atoms with Crippen LogP contribution in [0.15, 0.2) is 23.1 Å². The Morgan fingerprint density at radius 3 is 2.52 bits per heavy atom. The molecular weight excluding hydrogens is 294 g/mol. The first-order chi connectivity index (χ1) is 9.77. The Labute approximate surface area is 124 Å². The lowest BCUT2D eigenvalue weighted by molar-refractivity contribution is -0.118. The van der Waals surface area contributed by atoms with Gasteiger partial charge in [0.05, 0.1) is 10.5 Å². The van der Waals surface area contributed by atoms with Crippen molar-refractivity contribution in [1.82, 2.24) is 5.32 Å². The first kappa shape index (κ1) is 17.2. The molecule has 0 heterocycles. The van der Waals surface area contributed by atoms with Gasteiger partial charge in [0.1, 0.15) is 5.75 Å². The Hall–Kier alpha value is -1.89. The third-order valence-corrected chi connectivity index (χ3v) is 4.59. The van der Waals surface area contributed by atoms with Crippen LogP contribution >= 0.6 is 0 Å². The van der Waals surface area contributed by atoms with E-state index in [9.17, 15) is 18.0 Å². The Balaban J connectivity index is 2.90. The summed E-state index contributed by atoms with van der Waals surface area (Å²) < 4.78 is 24.2. The van der Waals surface area contributed by atoms with Crippen LogP contribution in [0.5, 0.6) is 0 Å². The van der Waals surface area contributed by atoms with E-state index in [0.29, 0.717) is 12.1 Å². The Kier molecular flexibility index (Phi) is 5.90. The van der Waals surface area contributed by atoms with Gasteiger partial charge in [0, 0.05) is 6.54 Å². The van der Waals surface area contributed by atoms with Gasteiger partial charge in [-0.1, -0.05) is 19.4 Å². The molecular formula is C14H19NO5S. The zero-order valence-electron chi connectivity index (χ0n) is 12.0. The second kappa shape index (κ2) is 7.21. The smallest absolute Gasteiger partial charge is 0.335 e. The molecule has 1 aromatic carbocycles. The summed E-state index contributed by atoms with van der Waals surface area (Å²) in [5.41, 5.74) is 0.385. The van der Waals surface area contributed by atoms with Crippen LogP contribution in [0.25, 0.3) is 0 Å². The van der Waals surface area contributed by atoms with Crippen LogP contribution < -0.4 is 5.32 Å². The molecule has 0 saturated heterocycles. The zero-order valence-corrected chi connectivity index (χ0v) is 12.9. The Bertz CT molecular complexity index is 637. The van der Waals surface area contributed by atoms with Crippen molar-refractivity contribution in [3.05, 3.63) is 29.3 Å². The summed E-state index contributed by atoms with van der Waals surface area (Å²) in [5.74, 6) is -2.46. The summed E-state index contributed by atoms with van der Waals surface area (Å²) in [4.78, 5) is 22.5. The summed E-state index contributed by atoms with van der Waals surface area (Å²) in [6.45, 7) is 3.97. The van der Waals surface area contributed by atoms with Crippen LogP contribution in [0.4, 0.5) is 0 Å². The normalized spacial score (nSPS) is 11.1. The topological polar surface area (TPSA) is 101 Å². The fourth-order valence-electron chi connectivity index (χ4n) is 1.74. The molecule has 0 aromatic heterocycles. The van der Waals surface area contributed by atoms with E-state index < -0.39 is 27.5 Å². The van der Waals surface area contributed by atoms with E-state index >= 15 is 0 Å². The molecule has 0 saturated carbocycles. The number of hydrogen-bond acceptors (Lipinski definition) is 4. The van der Waals surface area contributed by atoms with Gasteiger partial charge in [-0.05, 0) is 31.0 Å². The average Bonchev–Trinajstić information content (AvgIpc) is 2.38. The monoisotopic (exact) mass is 313 g/mol. The number of aryl methyl sites for hydroxylation is 1. The van der Waals surface area contributed by atoms with Gasteiger partial charge in [-0.3, -0.25) is 4.79 Å². The highest BCUT2D eigenvalue weighted by Gasteiger charge is 2.21. The van der Waals surface area contributed by atoms with Crippen molar-refractivity contribution in [2.45, 2.75) is 31.6 Å². The van der Waals surface area contributed by atoms with Crippen LogP contribution in [0.3, 0.4) is 0 Å². The third-order valence-electron chi connectivity index (χ3n) is 2.97. The standard InChI is InChI=1S/C14H19NO5S/c1-3-4-7-15-13(16)9-21(19,20)11-6-5-10(2)12(8-11)14(17)18/h5-6,8H,3-4,7,9H2,1-2H3,(H,15,16)(H,17,18). The molecule has 21 heavy (non-hydrogen) atoms. The SMILES string of the molecule is CCCCNC(=O)CS(=O)(=O)c1ccc(C)c(C(=O)O)c1. The molecule has 7 heteroatoms. The number of carboxylic acid groups (broad SMARTS) is 1. The minimum atomic E-state index is -3.84. The molecule has 0 aliphatic carbocycles. The summed E-state index contributed by atoms with van der Waals surface area (Å²) >= 11 is 0. The molecule has 2 N–H and O–H groups in total. The van der Waals surface area contributed by atoms with Gasteiger partial charge in [0.15, 0.2) is 9.84 Å². The number of carbonyl (C=O) groups excluding carboxylic acids is 1. The van der Waals surface area contributed by atoms with Crippen LogP contribution in [0, 0.1) is 6.92 Å². The van der Waals surface area contributed by atoms with Gasteiger partial charge in [-0.2, -0.15) is 0 Å². The molecule has 0 unspecified atom stereocenters. The van der Waals surface area contributed by atoms with Gasteiger partial charge < -0.3 is 10.4 Å². The number of benzene rings is 1. The van der Waals surface area contributed by atoms with Gasteiger partial charge in [0.25, 0.3) is 0 Å². The van der Waals surface area contributed by atoms with Crippen molar-refractivity contribution in [2.75, 3.05) is 12.3 Å². The summed E-state index contributed by atoms with van der Waals surface area (Å²) in [7, 11) is -3.84. The van der Waals surface area contributed by atoms with E-state index in [4.69, 9.17) is 5.11 Å². The predicted octanol–water partition coefficient (Wildman–Crippen LogP) is 1.38. The van der Waals surface area contributed by atoms with Crippen molar-refractivity contribution in [3.63, 3.8) is 0 Å². The first-order valence-corrected chi connectivity index (χ1v) is 8.26. The third kappa shape index (κ3) is 4.86. The highest BCUT2D eigenvalue weighted by Crippen LogP contribution is 2.17. The first-order valence-electron chi connectivity index (χ1n) is 6.61. The Morgan fingerprint density at radius 1 is 1.29 bits per heavy atom. The van der Waals surface area contributed by atoms with Crippen molar-refractivity contribution in [3.8, 4) is 0 Å². The minimum absolute atomic E-state index is 0.0810. The molecule has 116 valence electrons. The van der Waals surface area contributed by atoms with E-state index in [1.54, 1.807) is 6.92 Å². The van der Waals surface area contributed by atoms with E-state index in [1.807, 2.05) is 6.92 Å². The Morgan fingerprint density at radius 2 is 1.95 bits per heavy atom. The predicted molar refractivity (Wildman–Crippen MR) is 78.1 cm³/mol. The van der Waals surface area contributed by atoms with Crippen molar-refractivity contribution >= 4 is 21.7 Å². The lowest BCUT2D eigenvalue weighted by atomic mass is 10.1. The number of carbonyl (C=O) groups is 2.